The van der Waals surface area contributed by atoms with Crippen LogP contribution in [0.2, 0.25) is 0 Å². The molecule has 11 heteroatoms. The van der Waals surface area contributed by atoms with Gasteiger partial charge < -0.3 is 26.6 Å². The van der Waals surface area contributed by atoms with Gasteiger partial charge >= 0.3 is 6.03 Å². The van der Waals surface area contributed by atoms with Crippen molar-refractivity contribution in [3.05, 3.63) is 0 Å². The predicted octanol–water partition coefficient (Wildman–Crippen LogP) is 3.23. The Morgan fingerprint density at radius 3 is 1.96 bits per heavy atom. The number of hydrogen-bond donors (Lipinski definition) is 4. The van der Waals surface area contributed by atoms with Crippen molar-refractivity contribution in [2.75, 3.05) is 6.54 Å². The number of primary amides is 1. The van der Waals surface area contributed by atoms with Gasteiger partial charge in [-0.05, 0) is 67.1 Å². The number of nitrogens with two attached hydrogens (primary N) is 1. The van der Waals surface area contributed by atoms with E-state index < -0.39 is 59.1 Å². The molecule has 45 heavy (non-hydrogen) atoms. The topological polar surface area (TPSA) is 168 Å². The highest BCUT2D eigenvalue weighted by Crippen LogP contribution is 2.39. The third kappa shape index (κ3) is 9.06. The van der Waals surface area contributed by atoms with E-state index in [1.54, 1.807) is 0 Å². The highest BCUT2D eigenvalue weighted by atomic mass is 16.2. The van der Waals surface area contributed by atoms with E-state index in [-0.39, 0.29) is 34.9 Å². The Balaban J connectivity index is 1.53. The van der Waals surface area contributed by atoms with Crippen LogP contribution in [0.4, 0.5) is 4.79 Å². The van der Waals surface area contributed by atoms with Crippen LogP contribution < -0.4 is 21.7 Å². The molecule has 1 aliphatic heterocycles. The van der Waals surface area contributed by atoms with Gasteiger partial charge in [0.05, 0.1) is 12.1 Å². The summed E-state index contributed by atoms with van der Waals surface area (Å²) in [6.07, 6.45) is 9.26. The van der Waals surface area contributed by atoms with E-state index in [2.05, 4.69) is 36.7 Å². The molecule has 11 nitrogen and oxygen atoms in total. The van der Waals surface area contributed by atoms with Crippen molar-refractivity contribution in [3.63, 3.8) is 0 Å². The number of nitrogens with zero attached hydrogens (tertiary/aromatic N) is 1. The Bertz CT molecular complexity index is 1160. The fraction of sp³-hybridized carbons (Fsp3) is 0.824. The van der Waals surface area contributed by atoms with Gasteiger partial charge in [0.15, 0.2) is 5.78 Å². The van der Waals surface area contributed by atoms with E-state index in [4.69, 9.17) is 5.73 Å². The van der Waals surface area contributed by atoms with E-state index in [1.807, 2.05) is 20.8 Å². The minimum Gasteiger partial charge on any atom is -0.363 e. The second-order valence-electron chi connectivity index (χ2n) is 16.2. The molecule has 1 unspecified atom stereocenters. The van der Waals surface area contributed by atoms with Gasteiger partial charge in [0.1, 0.15) is 12.1 Å². The largest absolute Gasteiger partial charge is 0.363 e. The van der Waals surface area contributed by atoms with Gasteiger partial charge in [-0.2, -0.15) is 0 Å². The minimum atomic E-state index is -1.09. The molecule has 0 spiro atoms. The molecule has 0 aromatic rings. The lowest BCUT2D eigenvalue weighted by molar-refractivity contribution is -0.143. The molecule has 1 heterocycles. The zero-order valence-electron chi connectivity index (χ0n) is 28.1. The van der Waals surface area contributed by atoms with Crippen molar-refractivity contribution in [3.8, 4) is 0 Å². The summed E-state index contributed by atoms with van der Waals surface area (Å²) in [4.78, 5) is 80.8. The van der Waals surface area contributed by atoms with Crippen LogP contribution in [-0.4, -0.2) is 70.9 Å². The van der Waals surface area contributed by atoms with Gasteiger partial charge in [0, 0.05) is 12.5 Å². The van der Waals surface area contributed by atoms with Gasteiger partial charge in [-0.3, -0.25) is 24.0 Å². The number of amides is 5. The molecule has 5 amide bonds. The summed E-state index contributed by atoms with van der Waals surface area (Å²) in [5.41, 5.74) is 4.36. The minimum absolute atomic E-state index is 0.000611. The lowest BCUT2D eigenvalue weighted by Crippen LogP contribution is -2.61. The summed E-state index contributed by atoms with van der Waals surface area (Å²) < 4.78 is 0. The zero-order valence-corrected chi connectivity index (χ0v) is 28.1. The van der Waals surface area contributed by atoms with E-state index in [9.17, 15) is 28.8 Å². The quantitative estimate of drug-likeness (QED) is 0.242. The number of carbonyl (C=O) groups excluding carboxylic acids is 6. The first-order valence-electron chi connectivity index (χ1n) is 17.0. The number of rotatable bonds is 12. The Morgan fingerprint density at radius 2 is 1.44 bits per heavy atom. The summed E-state index contributed by atoms with van der Waals surface area (Å²) in [5.74, 6) is -2.42. The summed E-state index contributed by atoms with van der Waals surface area (Å²) in [6, 6.07) is -4.03. The Hall–Kier alpha value is -2.98. The molecule has 0 bridgehead atoms. The van der Waals surface area contributed by atoms with Gasteiger partial charge in [0.25, 0.3) is 5.91 Å². The standard InChI is InChI=1S/C34H55N5O6/c1-33(2,3)22-17-24(30(43)36-23(16-19-12-13-19)27(41)29(35)42)39(18-22)31(44)28(34(4,5)6)38-32(45)37-25(26(40)21-14-15-21)20-10-8-7-9-11-20/h19-25,28H,7-18H2,1-6H3,(H2,35,42)(H,36,43)(H2,37,38,45)/t22-,23?,24+,25+,28-/m1/s1. The smallest absolute Gasteiger partial charge is 0.316 e. The van der Waals surface area contributed by atoms with Gasteiger partial charge in [0.2, 0.25) is 17.6 Å². The average molecular weight is 630 g/mol. The molecular weight excluding hydrogens is 574 g/mol. The van der Waals surface area contributed by atoms with E-state index >= 15 is 0 Å². The first-order valence-corrected chi connectivity index (χ1v) is 17.0. The Kier molecular flexibility index (Phi) is 10.7. The fourth-order valence-corrected chi connectivity index (χ4v) is 6.95. The van der Waals surface area contributed by atoms with Crippen LogP contribution in [0.3, 0.4) is 0 Å². The van der Waals surface area contributed by atoms with Crippen LogP contribution >= 0.6 is 0 Å². The van der Waals surface area contributed by atoms with Crippen molar-refractivity contribution in [2.45, 2.75) is 136 Å². The van der Waals surface area contributed by atoms with Gasteiger partial charge in [-0.1, -0.05) is 73.6 Å². The zero-order chi connectivity index (χ0) is 33.3. The van der Waals surface area contributed by atoms with Gasteiger partial charge in [-0.25, -0.2) is 4.79 Å². The van der Waals surface area contributed by atoms with Crippen molar-refractivity contribution >= 4 is 35.3 Å². The SMILES string of the molecule is CC(C)(C)[C@@H]1C[C@@H](C(=O)NC(CC2CC2)C(=O)C(N)=O)N(C(=O)[C@@H](NC(=O)N[C@H](C(=O)C2CC2)C2CCCCC2)C(C)(C)C)C1. The maximum absolute atomic E-state index is 14.4. The lowest BCUT2D eigenvalue weighted by atomic mass is 9.79. The molecule has 3 aliphatic carbocycles. The second kappa shape index (κ2) is 13.8. The van der Waals surface area contributed by atoms with Crippen molar-refractivity contribution in [1.82, 2.24) is 20.9 Å². The average Bonchev–Trinajstić information content (AvgIpc) is 3.90. The van der Waals surface area contributed by atoms with E-state index in [0.29, 0.717) is 19.4 Å². The van der Waals surface area contributed by atoms with E-state index in [1.165, 1.54) is 4.90 Å². The number of carbonyl (C=O) groups is 6. The van der Waals surface area contributed by atoms with Crippen LogP contribution in [0.1, 0.15) is 112 Å². The first-order chi connectivity index (χ1) is 21.0. The highest BCUT2D eigenvalue weighted by Gasteiger charge is 2.48. The molecule has 1 saturated heterocycles. The summed E-state index contributed by atoms with van der Waals surface area (Å²) in [7, 11) is 0. The van der Waals surface area contributed by atoms with Crippen molar-refractivity contribution in [2.24, 2.45) is 40.2 Å². The number of ketones is 2. The number of urea groups is 1. The number of Topliss-reactive ketones (excluding diaryl/α,β-unsaturated/α-hetero) is 2. The molecule has 3 saturated carbocycles. The molecule has 5 atom stereocenters. The summed E-state index contributed by atoms with van der Waals surface area (Å²) >= 11 is 0. The maximum Gasteiger partial charge on any atom is 0.316 e. The van der Waals surface area contributed by atoms with E-state index in [0.717, 1.165) is 57.8 Å². The number of nitrogens with one attached hydrogen (secondary N) is 3. The van der Waals surface area contributed by atoms with Crippen LogP contribution in [0, 0.1) is 34.5 Å². The molecule has 5 N–H and O–H groups in total. The normalized spacial score (nSPS) is 24.7. The Morgan fingerprint density at radius 1 is 0.822 bits per heavy atom. The molecule has 4 aliphatic rings. The third-order valence-electron chi connectivity index (χ3n) is 10.3. The number of hydrogen-bond acceptors (Lipinski definition) is 6. The molecule has 0 radical (unpaired) electrons. The highest BCUT2D eigenvalue weighted by molar-refractivity contribution is 6.37. The number of likely N-dealkylation sites (tertiary alicyclic amines) is 1. The fourth-order valence-electron chi connectivity index (χ4n) is 6.95. The lowest BCUT2D eigenvalue weighted by Gasteiger charge is -2.37. The maximum atomic E-state index is 14.4. The molecule has 4 fully saturated rings. The molecule has 4 rings (SSSR count). The summed E-state index contributed by atoms with van der Waals surface area (Å²) in [5, 5.41) is 8.62. The molecule has 0 aromatic carbocycles. The molecular formula is C34H55N5O6. The predicted molar refractivity (Wildman–Crippen MR) is 170 cm³/mol. The van der Waals surface area contributed by atoms with Crippen LogP contribution in [0.25, 0.3) is 0 Å². The Labute approximate surface area is 267 Å². The third-order valence-corrected chi connectivity index (χ3v) is 10.3. The van der Waals surface area contributed by atoms with Crippen molar-refractivity contribution < 1.29 is 28.8 Å². The molecule has 0 aromatic heterocycles. The first kappa shape index (κ1) is 34.9. The monoisotopic (exact) mass is 629 g/mol. The molecule has 252 valence electrons. The van der Waals surface area contributed by atoms with Crippen LogP contribution in [-0.2, 0) is 24.0 Å². The van der Waals surface area contributed by atoms with Crippen LogP contribution in [0.15, 0.2) is 0 Å². The van der Waals surface area contributed by atoms with Crippen molar-refractivity contribution in [1.29, 1.82) is 0 Å². The van der Waals surface area contributed by atoms with Crippen LogP contribution in [0.5, 0.6) is 0 Å². The summed E-state index contributed by atoms with van der Waals surface area (Å²) in [6.45, 7) is 12.0. The van der Waals surface area contributed by atoms with Gasteiger partial charge in [-0.15, -0.1) is 0 Å². The second-order valence-corrected chi connectivity index (χ2v) is 16.2.